The molecule has 4 aromatic rings. The first-order chi connectivity index (χ1) is 17.6. The SMILES string of the molecule is Cc1nn(-c2ccccc2)c2c1[C@H](c1ccc(F)cc1)[C@H](NC(=O)c1cccc(C(C)(C)C)c1)C(=O)C2. The average Bonchev–Trinajstić information content (AvgIpc) is 3.20. The van der Waals surface area contributed by atoms with Gasteiger partial charge in [0, 0.05) is 17.0 Å². The van der Waals surface area contributed by atoms with Gasteiger partial charge in [-0.2, -0.15) is 5.10 Å². The molecule has 37 heavy (non-hydrogen) atoms. The monoisotopic (exact) mass is 495 g/mol. The van der Waals surface area contributed by atoms with E-state index in [1.807, 2.05) is 60.1 Å². The Hall–Kier alpha value is -4.06. The van der Waals surface area contributed by atoms with Crippen LogP contribution in [0.4, 0.5) is 4.39 Å². The van der Waals surface area contributed by atoms with Crippen molar-refractivity contribution in [2.45, 2.75) is 51.5 Å². The van der Waals surface area contributed by atoms with Crippen LogP contribution < -0.4 is 5.32 Å². The number of para-hydroxylation sites is 1. The molecule has 0 unspecified atom stereocenters. The minimum atomic E-state index is -0.809. The molecule has 0 spiro atoms. The number of hydrogen-bond acceptors (Lipinski definition) is 3. The first-order valence-corrected chi connectivity index (χ1v) is 12.5. The third kappa shape index (κ3) is 4.71. The Morgan fingerprint density at radius 1 is 1.00 bits per heavy atom. The lowest BCUT2D eigenvalue weighted by Crippen LogP contribution is -2.48. The summed E-state index contributed by atoms with van der Waals surface area (Å²) >= 11 is 0. The van der Waals surface area contributed by atoms with Crippen molar-refractivity contribution in [3.63, 3.8) is 0 Å². The van der Waals surface area contributed by atoms with Gasteiger partial charge in [-0.1, -0.05) is 63.2 Å². The highest BCUT2D eigenvalue weighted by molar-refractivity contribution is 6.00. The van der Waals surface area contributed by atoms with Gasteiger partial charge in [0.05, 0.1) is 29.5 Å². The van der Waals surface area contributed by atoms with E-state index in [-0.39, 0.29) is 29.3 Å². The zero-order chi connectivity index (χ0) is 26.3. The number of hydrogen-bond donors (Lipinski definition) is 1. The lowest BCUT2D eigenvalue weighted by molar-refractivity contribution is -0.121. The molecule has 5 nitrogen and oxygen atoms in total. The Morgan fingerprint density at radius 2 is 1.70 bits per heavy atom. The van der Waals surface area contributed by atoms with Crippen LogP contribution >= 0.6 is 0 Å². The number of rotatable bonds is 4. The maximum absolute atomic E-state index is 13.8. The number of carbonyl (C=O) groups is 2. The van der Waals surface area contributed by atoms with Crippen LogP contribution in [0.2, 0.25) is 0 Å². The summed E-state index contributed by atoms with van der Waals surface area (Å²) in [5.41, 5.74) is 5.49. The Kier molecular flexibility index (Phi) is 6.28. The zero-order valence-corrected chi connectivity index (χ0v) is 21.5. The highest BCUT2D eigenvalue weighted by atomic mass is 19.1. The lowest BCUT2D eigenvalue weighted by Gasteiger charge is -2.32. The minimum Gasteiger partial charge on any atom is -0.341 e. The van der Waals surface area contributed by atoms with Crippen molar-refractivity contribution < 1.29 is 14.0 Å². The molecule has 0 bridgehead atoms. The van der Waals surface area contributed by atoms with Gasteiger partial charge in [0.15, 0.2) is 5.78 Å². The van der Waals surface area contributed by atoms with Crippen LogP contribution in [0.5, 0.6) is 0 Å². The van der Waals surface area contributed by atoms with Gasteiger partial charge in [-0.05, 0) is 59.9 Å². The maximum Gasteiger partial charge on any atom is 0.251 e. The van der Waals surface area contributed by atoms with Gasteiger partial charge in [-0.3, -0.25) is 9.59 Å². The van der Waals surface area contributed by atoms with E-state index < -0.39 is 12.0 Å². The molecule has 0 saturated heterocycles. The number of aryl methyl sites for hydroxylation is 1. The van der Waals surface area contributed by atoms with E-state index in [0.717, 1.165) is 33.8 Å². The maximum atomic E-state index is 13.8. The highest BCUT2D eigenvalue weighted by Crippen LogP contribution is 2.39. The van der Waals surface area contributed by atoms with E-state index in [2.05, 4.69) is 26.1 Å². The van der Waals surface area contributed by atoms with Crippen molar-refractivity contribution in [2.75, 3.05) is 0 Å². The summed E-state index contributed by atoms with van der Waals surface area (Å²) in [5, 5.41) is 7.80. The van der Waals surface area contributed by atoms with Crippen molar-refractivity contribution in [3.05, 3.63) is 118 Å². The standard InChI is InChI=1S/C31H30FN3O2/c1-19-27-25(35(34-19)24-11-6-5-7-12-24)18-26(36)29(28(27)20-13-15-23(32)16-14-20)33-30(37)21-9-8-10-22(17-21)31(2,3)4/h5-17,28-29H,18H2,1-4H3,(H,33,37)/t28-,29+/m0/s1. The molecule has 3 aromatic carbocycles. The molecule has 1 amide bonds. The van der Waals surface area contributed by atoms with Crippen molar-refractivity contribution in [1.82, 2.24) is 15.1 Å². The number of benzene rings is 3. The van der Waals surface area contributed by atoms with Crippen molar-refractivity contribution in [1.29, 1.82) is 0 Å². The second-order valence-electron chi connectivity index (χ2n) is 10.6. The molecule has 6 heteroatoms. The van der Waals surface area contributed by atoms with E-state index in [1.165, 1.54) is 12.1 Å². The molecule has 5 rings (SSSR count). The highest BCUT2D eigenvalue weighted by Gasteiger charge is 2.41. The van der Waals surface area contributed by atoms with E-state index in [4.69, 9.17) is 5.10 Å². The zero-order valence-electron chi connectivity index (χ0n) is 21.5. The van der Waals surface area contributed by atoms with E-state index in [1.54, 1.807) is 18.2 Å². The number of fused-ring (bicyclic) bond motifs is 1. The Bertz CT molecular complexity index is 1470. The molecule has 1 aromatic heterocycles. The van der Waals surface area contributed by atoms with Crippen LogP contribution in [0.1, 0.15) is 65.1 Å². The quantitative estimate of drug-likeness (QED) is 0.397. The lowest BCUT2D eigenvalue weighted by atomic mass is 9.76. The fourth-order valence-corrected chi connectivity index (χ4v) is 5.12. The molecule has 0 radical (unpaired) electrons. The van der Waals surface area contributed by atoms with Crippen LogP contribution in [0.15, 0.2) is 78.9 Å². The molecule has 0 aliphatic heterocycles. The third-order valence-electron chi connectivity index (χ3n) is 7.05. The molecule has 1 aliphatic carbocycles. The number of nitrogens with one attached hydrogen (secondary N) is 1. The summed E-state index contributed by atoms with van der Waals surface area (Å²) in [5.74, 6) is -1.28. The topological polar surface area (TPSA) is 64.0 Å². The molecular formula is C31H30FN3O2. The number of Topliss-reactive ketones (excluding diaryl/α,β-unsaturated/α-hetero) is 1. The summed E-state index contributed by atoms with van der Waals surface area (Å²) in [7, 11) is 0. The van der Waals surface area contributed by atoms with E-state index in [0.29, 0.717) is 5.56 Å². The van der Waals surface area contributed by atoms with Crippen molar-refractivity contribution in [2.24, 2.45) is 0 Å². The van der Waals surface area contributed by atoms with Crippen LogP contribution in [0.25, 0.3) is 5.69 Å². The third-order valence-corrected chi connectivity index (χ3v) is 7.05. The van der Waals surface area contributed by atoms with Crippen LogP contribution in [0, 0.1) is 12.7 Å². The van der Waals surface area contributed by atoms with Gasteiger partial charge in [-0.15, -0.1) is 0 Å². The Morgan fingerprint density at radius 3 is 2.38 bits per heavy atom. The van der Waals surface area contributed by atoms with Crippen LogP contribution in [-0.4, -0.2) is 27.5 Å². The summed E-state index contributed by atoms with van der Waals surface area (Å²) < 4.78 is 15.7. The largest absolute Gasteiger partial charge is 0.341 e. The van der Waals surface area contributed by atoms with Crippen LogP contribution in [0.3, 0.4) is 0 Å². The summed E-state index contributed by atoms with van der Waals surface area (Å²) in [6, 6.07) is 22.5. The Labute approximate surface area is 216 Å². The minimum absolute atomic E-state index is 0.112. The number of nitrogens with zero attached hydrogens (tertiary/aromatic N) is 2. The normalized spacial score (nSPS) is 17.4. The predicted molar refractivity (Wildman–Crippen MR) is 142 cm³/mol. The van der Waals surface area contributed by atoms with E-state index in [9.17, 15) is 14.0 Å². The number of amides is 1. The number of ketones is 1. The molecule has 0 fully saturated rings. The molecule has 0 saturated carbocycles. The number of aromatic nitrogens is 2. The molecule has 1 N–H and O–H groups in total. The second-order valence-corrected chi connectivity index (χ2v) is 10.6. The summed E-state index contributed by atoms with van der Waals surface area (Å²) in [6.07, 6.45) is 0.135. The van der Waals surface area contributed by atoms with Gasteiger partial charge < -0.3 is 5.32 Å². The second kappa shape index (κ2) is 9.43. The van der Waals surface area contributed by atoms with Crippen LogP contribution in [-0.2, 0) is 16.6 Å². The average molecular weight is 496 g/mol. The fraction of sp³-hybridized carbons (Fsp3) is 0.258. The van der Waals surface area contributed by atoms with Gasteiger partial charge in [0.1, 0.15) is 5.82 Å². The molecule has 1 aliphatic rings. The summed E-state index contributed by atoms with van der Waals surface area (Å²) in [6.45, 7) is 8.19. The fourth-order valence-electron chi connectivity index (χ4n) is 5.12. The predicted octanol–water partition coefficient (Wildman–Crippen LogP) is 5.67. The summed E-state index contributed by atoms with van der Waals surface area (Å²) in [4.78, 5) is 27.1. The molecule has 1 heterocycles. The van der Waals surface area contributed by atoms with Gasteiger partial charge in [-0.25, -0.2) is 9.07 Å². The van der Waals surface area contributed by atoms with Crippen molar-refractivity contribution >= 4 is 11.7 Å². The molecule has 188 valence electrons. The molecule has 2 atom stereocenters. The smallest absolute Gasteiger partial charge is 0.251 e. The first-order valence-electron chi connectivity index (χ1n) is 12.5. The van der Waals surface area contributed by atoms with Gasteiger partial charge >= 0.3 is 0 Å². The van der Waals surface area contributed by atoms with E-state index >= 15 is 0 Å². The van der Waals surface area contributed by atoms with Gasteiger partial charge in [0.2, 0.25) is 0 Å². The Balaban J connectivity index is 1.59. The number of carbonyl (C=O) groups excluding carboxylic acids is 2. The number of halogens is 1. The van der Waals surface area contributed by atoms with Crippen molar-refractivity contribution in [3.8, 4) is 5.69 Å². The molecular weight excluding hydrogens is 465 g/mol. The van der Waals surface area contributed by atoms with Gasteiger partial charge in [0.25, 0.3) is 5.91 Å². The first kappa shape index (κ1) is 24.6.